The van der Waals surface area contributed by atoms with Crippen LogP contribution in [0.25, 0.3) is 5.57 Å². The fraction of sp³-hybridized carbons (Fsp3) is 0.360. The number of hydrogen-bond acceptors (Lipinski definition) is 3. The molecule has 0 bridgehead atoms. The van der Waals surface area contributed by atoms with Crippen molar-refractivity contribution >= 4 is 17.5 Å². The molecule has 1 N–H and O–H groups in total. The molecule has 4 rings (SSSR count). The van der Waals surface area contributed by atoms with Gasteiger partial charge in [-0.25, -0.2) is 9.69 Å². The number of nitrogens with one attached hydrogen (secondary N) is 1. The van der Waals surface area contributed by atoms with Crippen molar-refractivity contribution in [3.63, 3.8) is 0 Å². The summed E-state index contributed by atoms with van der Waals surface area (Å²) in [6.07, 6.45) is 3.69. The highest BCUT2D eigenvalue weighted by Gasteiger charge is 2.52. The fourth-order valence-electron chi connectivity index (χ4n) is 4.50. The van der Waals surface area contributed by atoms with Crippen molar-refractivity contribution in [2.45, 2.75) is 32.2 Å². The number of amides is 3. The van der Waals surface area contributed by atoms with Gasteiger partial charge in [-0.2, -0.15) is 0 Å². The summed E-state index contributed by atoms with van der Waals surface area (Å²) in [7, 11) is 0. The topological polar surface area (TPSA) is 52.7 Å². The van der Waals surface area contributed by atoms with Crippen LogP contribution in [0.2, 0.25) is 0 Å². The molecule has 1 atom stereocenters. The van der Waals surface area contributed by atoms with E-state index in [0.717, 1.165) is 25.1 Å². The molecule has 30 heavy (non-hydrogen) atoms. The Morgan fingerprint density at radius 3 is 2.27 bits per heavy atom. The predicted octanol–water partition coefficient (Wildman–Crippen LogP) is 4.23. The minimum atomic E-state index is -0.979. The van der Waals surface area contributed by atoms with Crippen molar-refractivity contribution in [1.82, 2.24) is 15.1 Å². The highest BCUT2D eigenvalue weighted by atomic mass is 16.2. The van der Waals surface area contributed by atoms with Gasteiger partial charge in [0, 0.05) is 13.1 Å². The SMILES string of the molecule is CC(C)C[C@@]1(c2ccccc2)NC(=O)N(CN2CC=C(c3ccccc3)CC2)C1=O. The average molecular weight is 404 g/mol. The third-order valence-electron chi connectivity index (χ3n) is 5.94. The standard InChI is InChI=1S/C25H29N3O2/c1-19(2)17-25(22-11-7-4-8-12-22)23(29)28(24(30)26-25)18-27-15-13-21(14-16-27)20-9-5-3-6-10-20/h3-13,19H,14-18H2,1-2H3,(H,26,30)/t25-/m0/s1. The maximum atomic E-state index is 13.5. The first-order valence-electron chi connectivity index (χ1n) is 10.7. The van der Waals surface area contributed by atoms with Crippen molar-refractivity contribution in [3.05, 3.63) is 77.9 Å². The van der Waals surface area contributed by atoms with E-state index in [-0.39, 0.29) is 17.9 Å². The summed E-state index contributed by atoms with van der Waals surface area (Å²) in [5.74, 6) is 0.117. The van der Waals surface area contributed by atoms with Gasteiger partial charge < -0.3 is 5.32 Å². The first-order valence-corrected chi connectivity index (χ1v) is 10.7. The quantitative estimate of drug-likeness (QED) is 0.735. The molecule has 1 fully saturated rings. The Balaban J connectivity index is 1.51. The lowest BCUT2D eigenvalue weighted by atomic mass is 9.82. The maximum Gasteiger partial charge on any atom is 0.326 e. The summed E-state index contributed by atoms with van der Waals surface area (Å²) in [6, 6.07) is 19.7. The Morgan fingerprint density at radius 2 is 1.67 bits per heavy atom. The fourth-order valence-corrected chi connectivity index (χ4v) is 4.50. The van der Waals surface area contributed by atoms with Gasteiger partial charge in [0.2, 0.25) is 0 Å². The third kappa shape index (κ3) is 3.90. The van der Waals surface area contributed by atoms with Crippen molar-refractivity contribution in [3.8, 4) is 0 Å². The second-order valence-corrected chi connectivity index (χ2v) is 8.60. The van der Waals surface area contributed by atoms with Crippen LogP contribution in [0, 0.1) is 5.92 Å². The Hall–Kier alpha value is -2.92. The molecule has 2 aliphatic rings. The van der Waals surface area contributed by atoms with Crippen LogP contribution in [0.1, 0.15) is 37.8 Å². The molecule has 0 radical (unpaired) electrons. The molecule has 3 amide bonds. The van der Waals surface area contributed by atoms with Crippen molar-refractivity contribution in [2.75, 3.05) is 19.8 Å². The molecule has 0 aromatic heterocycles. The lowest BCUT2D eigenvalue weighted by Crippen LogP contribution is -2.46. The lowest BCUT2D eigenvalue weighted by Gasteiger charge is -2.31. The number of carbonyl (C=O) groups excluding carboxylic acids is 2. The maximum absolute atomic E-state index is 13.5. The van der Waals surface area contributed by atoms with E-state index < -0.39 is 5.54 Å². The highest BCUT2D eigenvalue weighted by molar-refractivity contribution is 6.07. The molecule has 1 saturated heterocycles. The Morgan fingerprint density at radius 1 is 1.00 bits per heavy atom. The highest BCUT2D eigenvalue weighted by Crippen LogP contribution is 2.35. The van der Waals surface area contributed by atoms with E-state index in [1.807, 2.05) is 48.5 Å². The molecular weight excluding hydrogens is 374 g/mol. The molecule has 5 heteroatoms. The van der Waals surface area contributed by atoms with Crippen LogP contribution >= 0.6 is 0 Å². The van der Waals surface area contributed by atoms with Gasteiger partial charge in [0.05, 0.1) is 6.67 Å². The first-order chi connectivity index (χ1) is 14.5. The summed E-state index contributed by atoms with van der Waals surface area (Å²) in [5, 5.41) is 3.03. The van der Waals surface area contributed by atoms with Crippen LogP contribution in [0.5, 0.6) is 0 Å². The van der Waals surface area contributed by atoms with Gasteiger partial charge in [0.15, 0.2) is 0 Å². The molecule has 0 saturated carbocycles. The van der Waals surface area contributed by atoms with Crippen LogP contribution in [0.4, 0.5) is 4.79 Å². The summed E-state index contributed by atoms with van der Waals surface area (Å²) < 4.78 is 0. The molecule has 0 aliphatic carbocycles. The Labute approximate surface area is 178 Å². The first kappa shape index (κ1) is 20.4. The van der Waals surface area contributed by atoms with Gasteiger partial charge in [0.25, 0.3) is 5.91 Å². The van der Waals surface area contributed by atoms with Crippen molar-refractivity contribution in [1.29, 1.82) is 0 Å². The normalized spacial score (nSPS) is 22.4. The smallest absolute Gasteiger partial charge is 0.319 e. The molecule has 2 aromatic rings. The summed E-state index contributed by atoms with van der Waals surface area (Å²) in [6.45, 7) is 6.01. The van der Waals surface area contributed by atoms with Gasteiger partial charge in [-0.1, -0.05) is 80.6 Å². The molecule has 5 nitrogen and oxygen atoms in total. The number of urea groups is 1. The monoisotopic (exact) mass is 403 g/mol. The molecule has 2 aromatic carbocycles. The lowest BCUT2D eigenvalue weighted by molar-refractivity contribution is -0.133. The predicted molar refractivity (Wildman–Crippen MR) is 118 cm³/mol. The largest absolute Gasteiger partial charge is 0.326 e. The minimum Gasteiger partial charge on any atom is -0.319 e. The summed E-state index contributed by atoms with van der Waals surface area (Å²) >= 11 is 0. The third-order valence-corrected chi connectivity index (χ3v) is 5.94. The number of nitrogens with zero attached hydrogens (tertiary/aromatic N) is 2. The zero-order chi connectivity index (χ0) is 21.1. The molecule has 2 heterocycles. The van der Waals surface area contributed by atoms with Crippen LogP contribution in [-0.4, -0.2) is 41.5 Å². The van der Waals surface area contributed by atoms with E-state index >= 15 is 0 Å². The Bertz CT molecular complexity index is 939. The van der Waals surface area contributed by atoms with E-state index in [2.05, 4.69) is 42.3 Å². The average Bonchev–Trinajstić information content (AvgIpc) is 3.00. The van der Waals surface area contributed by atoms with E-state index in [1.54, 1.807) is 0 Å². The van der Waals surface area contributed by atoms with Gasteiger partial charge in [-0.3, -0.25) is 9.69 Å². The molecule has 0 unspecified atom stereocenters. The van der Waals surface area contributed by atoms with E-state index in [4.69, 9.17) is 0 Å². The van der Waals surface area contributed by atoms with Crippen molar-refractivity contribution in [2.24, 2.45) is 5.92 Å². The summed E-state index contributed by atoms with van der Waals surface area (Å²) in [4.78, 5) is 29.9. The van der Waals surface area contributed by atoms with Crippen LogP contribution < -0.4 is 5.32 Å². The van der Waals surface area contributed by atoms with E-state index in [0.29, 0.717) is 13.1 Å². The zero-order valence-corrected chi connectivity index (χ0v) is 17.7. The second kappa shape index (κ2) is 8.44. The van der Waals surface area contributed by atoms with Crippen LogP contribution in [-0.2, 0) is 10.3 Å². The van der Waals surface area contributed by atoms with Crippen LogP contribution in [0.15, 0.2) is 66.7 Å². The van der Waals surface area contributed by atoms with Crippen LogP contribution in [0.3, 0.4) is 0 Å². The molecule has 2 aliphatic heterocycles. The second-order valence-electron chi connectivity index (χ2n) is 8.60. The Kier molecular flexibility index (Phi) is 5.73. The molecule has 156 valence electrons. The molecular formula is C25H29N3O2. The molecule has 0 spiro atoms. The number of hydrogen-bond donors (Lipinski definition) is 1. The van der Waals surface area contributed by atoms with Gasteiger partial charge >= 0.3 is 6.03 Å². The number of benzene rings is 2. The number of imide groups is 1. The van der Waals surface area contributed by atoms with Gasteiger partial charge in [0.1, 0.15) is 5.54 Å². The minimum absolute atomic E-state index is 0.148. The van der Waals surface area contributed by atoms with Crippen molar-refractivity contribution < 1.29 is 9.59 Å². The zero-order valence-electron chi connectivity index (χ0n) is 17.7. The number of carbonyl (C=O) groups is 2. The van der Waals surface area contributed by atoms with Gasteiger partial charge in [-0.05, 0) is 35.5 Å². The van der Waals surface area contributed by atoms with E-state index in [9.17, 15) is 9.59 Å². The van der Waals surface area contributed by atoms with Gasteiger partial charge in [-0.15, -0.1) is 0 Å². The summed E-state index contributed by atoms with van der Waals surface area (Å²) in [5.41, 5.74) is 2.44. The number of rotatable bonds is 6. The van der Waals surface area contributed by atoms with E-state index in [1.165, 1.54) is 16.0 Å².